The fraction of sp³-hybridized carbons (Fsp3) is 0.700. The highest BCUT2D eigenvalue weighted by Gasteiger charge is 2.27. The first kappa shape index (κ1) is 22.0. The van der Waals surface area contributed by atoms with E-state index in [1.54, 1.807) is 12.4 Å². The minimum absolute atomic E-state index is 0.0422. The number of hydrogen-bond acceptors (Lipinski definition) is 6. The molecule has 1 aliphatic rings. The topological polar surface area (TPSA) is 82.3 Å². The Bertz CT molecular complexity index is 897. The van der Waals surface area contributed by atoms with Crippen molar-refractivity contribution in [2.45, 2.75) is 77.0 Å². The summed E-state index contributed by atoms with van der Waals surface area (Å²) in [6.07, 6.45) is 8.03. The molecule has 3 heterocycles. The van der Waals surface area contributed by atoms with E-state index >= 15 is 0 Å². The molecular formula is C20H33N5O3S. The molecule has 0 N–H and O–H groups in total. The Balaban J connectivity index is 1.89. The average Bonchev–Trinajstić information content (AvgIpc) is 3.38. The number of aromatic nitrogens is 4. The van der Waals surface area contributed by atoms with Crippen molar-refractivity contribution in [2.24, 2.45) is 7.05 Å². The van der Waals surface area contributed by atoms with E-state index in [9.17, 15) is 8.42 Å². The number of sulfone groups is 1. The second kappa shape index (κ2) is 9.40. The van der Waals surface area contributed by atoms with Gasteiger partial charge in [0.05, 0.1) is 36.8 Å². The van der Waals surface area contributed by atoms with E-state index in [2.05, 4.69) is 28.7 Å². The molecule has 0 spiro atoms. The van der Waals surface area contributed by atoms with E-state index in [4.69, 9.17) is 4.74 Å². The summed E-state index contributed by atoms with van der Waals surface area (Å²) in [5.74, 6) is 1.08. The molecule has 1 unspecified atom stereocenters. The minimum Gasteiger partial charge on any atom is -0.376 e. The van der Waals surface area contributed by atoms with Gasteiger partial charge in [0.15, 0.2) is 0 Å². The molecular weight excluding hydrogens is 390 g/mol. The highest BCUT2D eigenvalue weighted by molar-refractivity contribution is 7.91. The maximum atomic E-state index is 12.8. The van der Waals surface area contributed by atoms with Gasteiger partial charge >= 0.3 is 0 Å². The van der Waals surface area contributed by atoms with Crippen LogP contribution < -0.4 is 0 Å². The van der Waals surface area contributed by atoms with Crippen LogP contribution >= 0.6 is 0 Å². The van der Waals surface area contributed by atoms with Crippen LogP contribution in [0.1, 0.15) is 51.6 Å². The predicted molar refractivity (Wildman–Crippen MR) is 111 cm³/mol. The fourth-order valence-corrected chi connectivity index (χ4v) is 5.13. The summed E-state index contributed by atoms with van der Waals surface area (Å²) in [5, 5.41) is 0.172. The normalized spacial score (nSPS) is 17.7. The number of aryl methyl sites for hydroxylation is 1. The van der Waals surface area contributed by atoms with Crippen molar-refractivity contribution < 1.29 is 13.2 Å². The average molecular weight is 424 g/mol. The van der Waals surface area contributed by atoms with Crippen molar-refractivity contribution in [3.63, 3.8) is 0 Å². The zero-order chi connectivity index (χ0) is 21.0. The first-order valence-electron chi connectivity index (χ1n) is 10.4. The van der Waals surface area contributed by atoms with Gasteiger partial charge in [-0.25, -0.2) is 18.4 Å². The van der Waals surface area contributed by atoms with Crippen LogP contribution in [-0.2, 0) is 41.3 Å². The van der Waals surface area contributed by atoms with Gasteiger partial charge in [-0.2, -0.15) is 0 Å². The van der Waals surface area contributed by atoms with Gasteiger partial charge in [-0.15, -0.1) is 0 Å². The number of imidazole rings is 2. The molecule has 8 nitrogen and oxygen atoms in total. The van der Waals surface area contributed by atoms with Crippen LogP contribution in [0.3, 0.4) is 0 Å². The second-order valence-electron chi connectivity index (χ2n) is 8.05. The molecule has 162 valence electrons. The number of hydrogen-bond donors (Lipinski definition) is 0. The van der Waals surface area contributed by atoms with Crippen LogP contribution in [0.5, 0.6) is 0 Å². The molecule has 0 radical (unpaired) electrons. The smallest absolute Gasteiger partial charge is 0.227 e. The third kappa shape index (κ3) is 5.26. The standard InChI is InChI=1S/C20H33N5O3S/c1-5-11-29(26,27)20-22-12-17(25(20)14-18-7-6-10-28-18)13-24(16(2)3)15-19-21-8-9-23(19)4/h8-9,12,16,18H,5-7,10-11,13-15H2,1-4H3. The summed E-state index contributed by atoms with van der Waals surface area (Å²) in [7, 11) is -1.43. The molecule has 0 bridgehead atoms. The van der Waals surface area contributed by atoms with Crippen LogP contribution in [0.4, 0.5) is 0 Å². The van der Waals surface area contributed by atoms with Gasteiger partial charge < -0.3 is 13.9 Å². The Labute approximate surface area is 173 Å². The quantitative estimate of drug-likeness (QED) is 0.584. The predicted octanol–water partition coefficient (Wildman–Crippen LogP) is 2.39. The molecule has 3 rings (SSSR count). The Hall–Kier alpha value is -1.71. The van der Waals surface area contributed by atoms with E-state index in [1.807, 2.05) is 29.3 Å². The van der Waals surface area contributed by atoms with Crippen LogP contribution in [0, 0.1) is 0 Å². The van der Waals surface area contributed by atoms with Crippen molar-refractivity contribution in [1.29, 1.82) is 0 Å². The second-order valence-corrected chi connectivity index (χ2v) is 10.1. The summed E-state index contributed by atoms with van der Waals surface area (Å²) in [6.45, 7) is 8.70. The Morgan fingerprint density at radius 1 is 1.31 bits per heavy atom. The monoisotopic (exact) mass is 423 g/mol. The van der Waals surface area contributed by atoms with Gasteiger partial charge in [-0.1, -0.05) is 6.92 Å². The largest absolute Gasteiger partial charge is 0.376 e. The molecule has 1 aliphatic heterocycles. The van der Waals surface area contributed by atoms with Crippen molar-refractivity contribution in [3.05, 3.63) is 30.1 Å². The Morgan fingerprint density at radius 2 is 2.10 bits per heavy atom. The zero-order valence-corrected chi connectivity index (χ0v) is 18.7. The molecule has 2 aromatic rings. The summed E-state index contributed by atoms with van der Waals surface area (Å²) in [5.41, 5.74) is 0.901. The summed E-state index contributed by atoms with van der Waals surface area (Å²) in [4.78, 5) is 11.1. The highest BCUT2D eigenvalue weighted by Crippen LogP contribution is 2.22. The number of rotatable bonds is 10. The minimum atomic E-state index is -3.41. The van der Waals surface area contributed by atoms with Gasteiger partial charge in [0, 0.05) is 38.6 Å². The molecule has 0 aliphatic carbocycles. The Kier molecular flexibility index (Phi) is 7.13. The zero-order valence-electron chi connectivity index (χ0n) is 17.9. The van der Waals surface area contributed by atoms with Gasteiger partial charge in [0.1, 0.15) is 5.82 Å². The van der Waals surface area contributed by atoms with E-state index in [-0.39, 0.29) is 23.1 Å². The van der Waals surface area contributed by atoms with Gasteiger partial charge in [-0.05, 0) is 33.1 Å². The molecule has 0 amide bonds. The van der Waals surface area contributed by atoms with Crippen molar-refractivity contribution in [1.82, 2.24) is 24.0 Å². The maximum Gasteiger partial charge on any atom is 0.227 e. The summed E-state index contributed by atoms with van der Waals surface area (Å²) >= 11 is 0. The van der Waals surface area contributed by atoms with E-state index in [0.29, 0.717) is 26.1 Å². The third-order valence-corrected chi connectivity index (χ3v) is 7.25. The van der Waals surface area contributed by atoms with Crippen LogP contribution in [0.25, 0.3) is 0 Å². The van der Waals surface area contributed by atoms with Crippen molar-refractivity contribution in [3.8, 4) is 0 Å². The number of nitrogens with zero attached hydrogens (tertiary/aromatic N) is 5. The first-order chi connectivity index (χ1) is 13.8. The van der Waals surface area contributed by atoms with E-state index < -0.39 is 9.84 Å². The highest BCUT2D eigenvalue weighted by atomic mass is 32.2. The lowest BCUT2D eigenvalue weighted by molar-refractivity contribution is 0.0926. The first-order valence-corrected chi connectivity index (χ1v) is 12.1. The van der Waals surface area contributed by atoms with Crippen LogP contribution in [0.15, 0.2) is 23.7 Å². The van der Waals surface area contributed by atoms with Crippen LogP contribution in [0.2, 0.25) is 0 Å². The Morgan fingerprint density at radius 3 is 2.69 bits per heavy atom. The van der Waals surface area contributed by atoms with Gasteiger partial charge in [0.2, 0.25) is 15.0 Å². The van der Waals surface area contributed by atoms with Crippen LogP contribution in [-0.4, -0.2) is 56.9 Å². The molecule has 2 aromatic heterocycles. The SMILES string of the molecule is CCCS(=O)(=O)c1ncc(CN(Cc2nccn2C)C(C)C)n1CC1CCCO1. The van der Waals surface area contributed by atoms with Crippen molar-refractivity contribution >= 4 is 9.84 Å². The summed E-state index contributed by atoms with van der Waals surface area (Å²) in [6, 6.07) is 0.272. The molecule has 0 saturated carbocycles. The third-order valence-electron chi connectivity index (χ3n) is 5.42. The fourth-order valence-electron chi connectivity index (χ4n) is 3.67. The van der Waals surface area contributed by atoms with E-state index in [1.165, 1.54) is 0 Å². The molecule has 1 fully saturated rings. The van der Waals surface area contributed by atoms with Gasteiger partial charge in [-0.3, -0.25) is 4.90 Å². The van der Waals surface area contributed by atoms with E-state index in [0.717, 1.165) is 31.0 Å². The lowest BCUT2D eigenvalue weighted by Gasteiger charge is -2.27. The molecule has 9 heteroatoms. The van der Waals surface area contributed by atoms with Crippen molar-refractivity contribution in [2.75, 3.05) is 12.4 Å². The van der Waals surface area contributed by atoms with Gasteiger partial charge in [0.25, 0.3) is 0 Å². The molecule has 1 saturated heterocycles. The lowest BCUT2D eigenvalue weighted by atomic mass is 10.2. The molecule has 29 heavy (non-hydrogen) atoms. The lowest BCUT2D eigenvalue weighted by Crippen LogP contribution is -2.32. The summed E-state index contributed by atoms with van der Waals surface area (Å²) < 4.78 is 35.3. The number of ether oxygens (including phenoxy) is 1. The maximum absolute atomic E-state index is 12.8. The molecule has 0 aromatic carbocycles. The molecule has 1 atom stereocenters.